The minimum absolute atomic E-state index is 0.706. The zero-order valence-electron chi connectivity index (χ0n) is 12.6. The van der Waals surface area contributed by atoms with Crippen LogP contribution in [0.1, 0.15) is 16.7 Å². The number of methoxy groups -OCH3 is 2. The fourth-order valence-electron chi connectivity index (χ4n) is 2.13. The third kappa shape index (κ3) is 4.13. The number of ether oxygens (including phenoxy) is 2. The van der Waals surface area contributed by atoms with Crippen molar-refractivity contribution in [3.8, 4) is 11.5 Å². The number of rotatable bonds is 6. The molecule has 0 fully saturated rings. The fourth-order valence-corrected chi connectivity index (χ4v) is 2.43. The van der Waals surface area contributed by atoms with Crippen molar-refractivity contribution in [3.05, 3.63) is 58.1 Å². The molecule has 0 aliphatic carbocycles. The normalized spacial score (nSPS) is 10.5. The van der Waals surface area contributed by atoms with Crippen molar-refractivity contribution in [1.82, 2.24) is 5.32 Å². The number of halogens is 1. The lowest BCUT2D eigenvalue weighted by atomic mass is 10.1. The predicted octanol–water partition coefficient (Wildman–Crippen LogP) is 3.96. The van der Waals surface area contributed by atoms with Gasteiger partial charge in [-0.2, -0.15) is 0 Å². The van der Waals surface area contributed by atoms with Crippen LogP contribution in [0.15, 0.2) is 36.4 Å². The molecule has 0 aliphatic heterocycles. The van der Waals surface area contributed by atoms with E-state index in [4.69, 9.17) is 21.1 Å². The topological polar surface area (TPSA) is 30.5 Å². The molecule has 0 unspecified atom stereocenters. The van der Waals surface area contributed by atoms with Gasteiger partial charge >= 0.3 is 0 Å². The van der Waals surface area contributed by atoms with E-state index in [0.29, 0.717) is 13.1 Å². The zero-order chi connectivity index (χ0) is 15.2. The van der Waals surface area contributed by atoms with Gasteiger partial charge in [0.1, 0.15) is 11.5 Å². The van der Waals surface area contributed by atoms with E-state index in [0.717, 1.165) is 27.6 Å². The van der Waals surface area contributed by atoms with Crippen molar-refractivity contribution in [1.29, 1.82) is 0 Å². The van der Waals surface area contributed by atoms with E-state index in [-0.39, 0.29) is 0 Å². The summed E-state index contributed by atoms with van der Waals surface area (Å²) in [7, 11) is 3.31. The molecule has 0 radical (unpaired) electrons. The second-order valence-electron chi connectivity index (χ2n) is 4.88. The average molecular weight is 306 g/mol. The standard InChI is InChI=1S/C17H20ClNO2/c1-12-4-5-13(16(18)8-12)10-19-11-14-6-7-15(20-2)9-17(14)21-3/h4-9,19H,10-11H2,1-3H3. The van der Waals surface area contributed by atoms with Crippen molar-refractivity contribution in [2.75, 3.05) is 14.2 Å². The van der Waals surface area contributed by atoms with Crippen LogP contribution >= 0.6 is 11.6 Å². The van der Waals surface area contributed by atoms with E-state index in [1.165, 1.54) is 5.56 Å². The van der Waals surface area contributed by atoms with Crippen LogP contribution in [0.4, 0.5) is 0 Å². The van der Waals surface area contributed by atoms with Gasteiger partial charge in [0.2, 0.25) is 0 Å². The highest BCUT2D eigenvalue weighted by Gasteiger charge is 2.05. The summed E-state index contributed by atoms with van der Waals surface area (Å²) in [6.45, 7) is 3.46. The summed E-state index contributed by atoms with van der Waals surface area (Å²) in [4.78, 5) is 0. The van der Waals surface area contributed by atoms with E-state index in [1.807, 2.05) is 31.2 Å². The average Bonchev–Trinajstić information content (AvgIpc) is 2.49. The second-order valence-corrected chi connectivity index (χ2v) is 5.28. The summed E-state index contributed by atoms with van der Waals surface area (Å²) >= 11 is 6.23. The number of hydrogen-bond acceptors (Lipinski definition) is 3. The Kier molecular flexibility index (Phi) is 5.48. The highest BCUT2D eigenvalue weighted by Crippen LogP contribution is 2.24. The third-order valence-electron chi connectivity index (χ3n) is 3.33. The quantitative estimate of drug-likeness (QED) is 0.876. The SMILES string of the molecule is COc1ccc(CNCc2ccc(C)cc2Cl)c(OC)c1. The monoisotopic (exact) mass is 305 g/mol. The largest absolute Gasteiger partial charge is 0.497 e. The maximum atomic E-state index is 6.23. The lowest BCUT2D eigenvalue weighted by Crippen LogP contribution is -2.13. The summed E-state index contributed by atoms with van der Waals surface area (Å²) in [6.07, 6.45) is 0. The summed E-state index contributed by atoms with van der Waals surface area (Å²) in [6, 6.07) is 11.9. The molecule has 0 aromatic heterocycles. The van der Waals surface area contributed by atoms with E-state index in [2.05, 4.69) is 17.4 Å². The Morgan fingerprint density at radius 3 is 2.33 bits per heavy atom. The summed E-state index contributed by atoms with van der Waals surface area (Å²) in [5.41, 5.74) is 3.34. The number of hydrogen-bond donors (Lipinski definition) is 1. The van der Waals surface area contributed by atoms with Gasteiger partial charge in [0, 0.05) is 29.7 Å². The van der Waals surface area contributed by atoms with Crippen molar-refractivity contribution < 1.29 is 9.47 Å². The van der Waals surface area contributed by atoms with E-state index in [9.17, 15) is 0 Å². The van der Waals surface area contributed by atoms with Gasteiger partial charge in [-0.3, -0.25) is 0 Å². The Bertz CT molecular complexity index is 614. The van der Waals surface area contributed by atoms with Gasteiger partial charge in [-0.1, -0.05) is 29.8 Å². The lowest BCUT2D eigenvalue weighted by Gasteiger charge is -2.12. The molecule has 0 aliphatic rings. The molecule has 2 rings (SSSR count). The minimum atomic E-state index is 0.706. The molecule has 2 aromatic rings. The van der Waals surface area contributed by atoms with Crippen LogP contribution in [0.5, 0.6) is 11.5 Å². The molecule has 2 aromatic carbocycles. The number of benzene rings is 2. The molecular weight excluding hydrogens is 286 g/mol. The van der Waals surface area contributed by atoms with Crippen LogP contribution in [-0.4, -0.2) is 14.2 Å². The van der Waals surface area contributed by atoms with Gasteiger partial charge in [-0.05, 0) is 30.2 Å². The molecular formula is C17H20ClNO2. The Balaban J connectivity index is 2.00. The smallest absolute Gasteiger partial charge is 0.127 e. The first-order valence-electron chi connectivity index (χ1n) is 6.80. The summed E-state index contributed by atoms with van der Waals surface area (Å²) in [5.74, 6) is 1.61. The van der Waals surface area contributed by atoms with E-state index >= 15 is 0 Å². The van der Waals surface area contributed by atoms with Crippen LogP contribution in [0.25, 0.3) is 0 Å². The van der Waals surface area contributed by atoms with Crippen molar-refractivity contribution in [2.24, 2.45) is 0 Å². The maximum Gasteiger partial charge on any atom is 0.127 e. The summed E-state index contributed by atoms with van der Waals surface area (Å²) in [5, 5.41) is 4.18. The Morgan fingerprint density at radius 1 is 0.952 bits per heavy atom. The van der Waals surface area contributed by atoms with Crippen LogP contribution in [0.3, 0.4) is 0 Å². The first-order valence-corrected chi connectivity index (χ1v) is 7.18. The molecule has 3 nitrogen and oxygen atoms in total. The maximum absolute atomic E-state index is 6.23. The van der Waals surface area contributed by atoms with Gasteiger partial charge < -0.3 is 14.8 Å². The lowest BCUT2D eigenvalue weighted by molar-refractivity contribution is 0.390. The highest BCUT2D eigenvalue weighted by atomic mass is 35.5. The molecule has 0 atom stereocenters. The molecule has 0 saturated heterocycles. The molecule has 21 heavy (non-hydrogen) atoms. The van der Waals surface area contributed by atoms with E-state index in [1.54, 1.807) is 14.2 Å². The molecule has 112 valence electrons. The van der Waals surface area contributed by atoms with Crippen LogP contribution in [-0.2, 0) is 13.1 Å². The Hall–Kier alpha value is -1.71. The zero-order valence-corrected chi connectivity index (χ0v) is 13.3. The third-order valence-corrected chi connectivity index (χ3v) is 3.69. The van der Waals surface area contributed by atoms with Crippen molar-refractivity contribution >= 4 is 11.6 Å². The van der Waals surface area contributed by atoms with Gasteiger partial charge in [0.25, 0.3) is 0 Å². The first-order chi connectivity index (χ1) is 10.1. The number of aryl methyl sites for hydroxylation is 1. The molecule has 0 heterocycles. The van der Waals surface area contributed by atoms with Crippen LogP contribution < -0.4 is 14.8 Å². The van der Waals surface area contributed by atoms with Crippen LogP contribution in [0.2, 0.25) is 5.02 Å². The minimum Gasteiger partial charge on any atom is -0.497 e. The molecule has 0 spiro atoms. The van der Waals surface area contributed by atoms with Gasteiger partial charge in [0.15, 0.2) is 0 Å². The van der Waals surface area contributed by atoms with Gasteiger partial charge in [-0.15, -0.1) is 0 Å². The van der Waals surface area contributed by atoms with Gasteiger partial charge in [-0.25, -0.2) is 0 Å². The van der Waals surface area contributed by atoms with Gasteiger partial charge in [0.05, 0.1) is 14.2 Å². The predicted molar refractivity (Wildman–Crippen MR) is 86.3 cm³/mol. The number of nitrogens with one attached hydrogen (secondary N) is 1. The fraction of sp³-hybridized carbons (Fsp3) is 0.294. The second kappa shape index (κ2) is 7.34. The van der Waals surface area contributed by atoms with Crippen LogP contribution in [0, 0.1) is 6.92 Å². The Labute approximate surface area is 130 Å². The molecule has 0 amide bonds. The van der Waals surface area contributed by atoms with Crippen molar-refractivity contribution in [3.63, 3.8) is 0 Å². The summed E-state index contributed by atoms with van der Waals surface area (Å²) < 4.78 is 10.6. The molecule has 4 heteroatoms. The van der Waals surface area contributed by atoms with E-state index < -0.39 is 0 Å². The molecule has 0 bridgehead atoms. The molecule has 0 saturated carbocycles. The molecule has 1 N–H and O–H groups in total. The Morgan fingerprint density at radius 2 is 1.67 bits per heavy atom. The highest BCUT2D eigenvalue weighted by molar-refractivity contribution is 6.31. The first kappa shape index (κ1) is 15.7. The van der Waals surface area contributed by atoms with Crippen molar-refractivity contribution in [2.45, 2.75) is 20.0 Å².